The maximum atomic E-state index is 13.5. The first-order valence-corrected chi connectivity index (χ1v) is 7.86. The Labute approximate surface area is 136 Å². The van der Waals surface area contributed by atoms with Crippen molar-refractivity contribution in [2.75, 3.05) is 5.32 Å². The molecule has 0 radical (unpaired) electrons. The first-order valence-electron chi connectivity index (χ1n) is 6.87. The topological polar surface area (TPSA) is 70.7 Å². The lowest BCUT2D eigenvalue weighted by molar-refractivity contribution is 0.102. The van der Waals surface area contributed by atoms with Crippen molar-refractivity contribution in [2.45, 2.75) is 10.9 Å². The van der Waals surface area contributed by atoms with Crippen LogP contribution in [-0.4, -0.2) is 21.1 Å². The summed E-state index contributed by atoms with van der Waals surface area (Å²) in [4.78, 5) is 16.1. The van der Waals surface area contributed by atoms with Gasteiger partial charge in [-0.15, -0.1) is 5.10 Å². The van der Waals surface area contributed by atoms with Crippen LogP contribution in [-0.2, 0) is 5.75 Å². The Kier molecular flexibility index (Phi) is 4.68. The molecule has 116 valence electrons. The molecule has 0 unspecified atom stereocenters. The van der Waals surface area contributed by atoms with Gasteiger partial charge in [-0.05, 0) is 17.7 Å². The van der Waals surface area contributed by atoms with Crippen LogP contribution in [0.5, 0.6) is 0 Å². The highest BCUT2D eigenvalue weighted by molar-refractivity contribution is 7.98. The van der Waals surface area contributed by atoms with Crippen molar-refractivity contribution in [1.29, 1.82) is 0 Å². The van der Waals surface area contributed by atoms with Crippen molar-refractivity contribution in [3.05, 3.63) is 71.5 Å². The van der Waals surface area contributed by atoms with Gasteiger partial charge in [0, 0.05) is 5.75 Å². The maximum Gasteiger partial charge on any atom is 0.260 e. The number of nitrogens with one attached hydrogen (secondary N) is 2. The Bertz CT molecular complexity index is 807. The van der Waals surface area contributed by atoms with Crippen LogP contribution < -0.4 is 5.32 Å². The van der Waals surface area contributed by atoms with Gasteiger partial charge in [0.25, 0.3) is 5.91 Å². The minimum atomic E-state index is -0.580. The fourth-order valence-electron chi connectivity index (χ4n) is 1.91. The van der Waals surface area contributed by atoms with E-state index in [1.165, 1.54) is 30.0 Å². The lowest BCUT2D eigenvalue weighted by Crippen LogP contribution is -2.14. The van der Waals surface area contributed by atoms with E-state index in [-0.39, 0.29) is 11.5 Å². The lowest BCUT2D eigenvalue weighted by Gasteiger charge is -2.02. The van der Waals surface area contributed by atoms with Gasteiger partial charge in [-0.3, -0.25) is 10.1 Å². The quantitative estimate of drug-likeness (QED) is 0.703. The van der Waals surface area contributed by atoms with E-state index in [9.17, 15) is 9.18 Å². The zero-order valence-corrected chi connectivity index (χ0v) is 12.8. The third-order valence-corrected chi connectivity index (χ3v) is 3.94. The summed E-state index contributed by atoms with van der Waals surface area (Å²) in [6.07, 6.45) is 0. The number of rotatable bonds is 5. The number of hydrogen-bond acceptors (Lipinski definition) is 4. The Morgan fingerprint density at radius 1 is 1.13 bits per heavy atom. The number of halogens is 1. The van der Waals surface area contributed by atoms with E-state index < -0.39 is 11.7 Å². The zero-order valence-electron chi connectivity index (χ0n) is 12.0. The van der Waals surface area contributed by atoms with Crippen LogP contribution in [0, 0.1) is 5.82 Å². The molecule has 1 aromatic heterocycles. The van der Waals surface area contributed by atoms with Crippen molar-refractivity contribution in [3.8, 4) is 0 Å². The molecule has 1 amide bonds. The number of H-pyrrole nitrogens is 1. The largest absolute Gasteiger partial charge is 0.291 e. The normalized spacial score (nSPS) is 10.5. The highest BCUT2D eigenvalue weighted by Crippen LogP contribution is 2.20. The van der Waals surface area contributed by atoms with Gasteiger partial charge in [-0.2, -0.15) is 4.98 Å². The predicted molar refractivity (Wildman–Crippen MR) is 86.7 cm³/mol. The van der Waals surface area contributed by atoms with E-state index in [2.05, 4.69) is 20.5 Å². The number of benzene rings is 2. The molecule has 0 spiro atoms. The van der Waals surface area contributed by atoms with E-state index in [0.717, 1.165) is 11.3 Å². The van der Waals surface area contributed by atoms with Gasteiger partial charge in [0.05, 0.1) is 5.56 Å². The molecule has 2 N–H and O–H groups in total. The summed E-state index contributed by atoms with van der Waals surface area (Å²) in [6, 6.07) is 15.7. The fraction of sp³-hybridized carbons (Fsp3) is 0.0625. The molecular formula is C16H13FN4OS. The summed E-state index contributed by atoms with van der Waals surface area (Å²) < 4.78 is 13.5. The minimum Gasteiger partial charge on any atom is -0.291 e. The van der Waals surface area contributed by atoms with Crippen LogP contribution in [0.4, 0.5) is 10.3 Å². The first-order chi connectivity index (χ1) is 11.2. The van der Waals surface area contributed by atoms with Gasteiger partial charge in [0.15, 0.2) is 0 Å². The van der Waals surface area contributed by atoms with Crippen molar-refractivity contribution in [2.24, 2.45) is 0 Å². The average molecular weight is 328 g/mol. The molecule has 0 saturated heterocycles. The summed E-state index contributed by atoms with van der Waals surface area (Å²) in [5, 5.41) is 9.65. The summed E-state index contributed by atoms with van der Waals surface area (Å²) in [7, 11) is 0. The highest BCUT2D eigenvalue weighted by Gasteiger charge is 2.13. The Hall–Kier alpha value is -2.67. The summed E-state index contributed by atoms with van der Waals surface area (Å²) >= 11 is 1.44. The summed E-state index contributed by atoms with van der Waals surface area (Å²) in [6.45, 7) is 0. The molecule has 0 saturated carbocycles. The number of aromatic amines is 1. The number of hydrogen-bond donors (Lipinski definition) is 2. The monoisotopic (exact) mass is 328 g/mol. The van der Waals surface area contributed by atoms with Crippen LogP contribution in [0.2, 0.25) is 0 Å². The van der Waals surface area contributed by atoms with E-state index >= 15 is 0 Å². The molecule has 23 heavy (non-hydrogen) atoms. The van der Waals surface area contributed by atoms with Gasteiger partial charge in [0.2, 0.25) is 11.1 Å². The van der Waals surface area contributed by atoms with Gasteiger partial charge in [-0.25, -0.2) is 9.49 Å². The first kappa shape index (κ1) is 15.2. The van der Waals surface area contributed by atoms with Gasteiger partial charge >= 0.3 is 0 Å². The predicted octanol–water partition coefficient (Wildman–Crippen LogP) is 3.49. The van der Waals surface area contributed by atoms with E-state index in [1.54, 1.807) is 6.07 Å². The van der Waals surface area contributed by atoms with Crippen molar-refractivity contribution in [1.82, 2.24) is 15.2 Å². The Morgan fingerprint density at radius 2 is 1.87 bits per heavy atom. The molecule has 0 aliphatic heterocycles. The second-order valence-electron chi connectivity index (χ2n) is 4.67. The number of amides is 1. The van der Waals surface area contributed by atoms with E-state index in [0.29, 0.717) is 5.16 Å². The van der Waals surface area contributed by atoms with Gasteiger partial charge < -0.3 is 0 Å². The number of aromatic nitrogens is 3. The smallest absolute Gasteiger partial charge is 0.260 e. The van der Waals surface area contributed by atoms with Crippen molar-refractivity contribution >= 4 is 23.6 Å². The number of anilines is 1. The molecule has 7 heteroatoms. The zero-order chi connectivity index (χ0) is 16.1. The van der Waals surface area contributed by atoms with Crippen LogP contribution in [0.25, 0.3) is 0 Å². The number of carbonyl (C=O) groups excluding carboxylic acids is 1. The van der Waals surface area contributed by atoms with Crippen LogP contribution in [0.1, 0.15) is 15.9 Å². The Morgan fingerprint density at radius 3 is 2.65 bits per heavy atom. The fourth-order valence-corrected chi connectivity index (χ4v) is 2.66. The molecule has 2 aromatic carbocycles. The maximum absolute atomic E-state index is 13.5. The average Bonchev–Trinajstić information content (AvgIpc) is 3.02. The molecule has 0 fully saturated rings. The SMILES string of the molecule is O=C(Nc1nc(SCc2ccccc2)n[nH]1)c1ccccc1F. The lowest BCUT2D eigenvalue weighted by atomic mass is 10.2. The molecule has 3 rings (SSSR count). The Balaban J connectivity index is 1.61. The molecule has 0 aliphatic carbocycles. The molecule has 1 heterocycles. The molecule has 0 aliphatic rings. The van der Waals surface area contributed by atoms with Crippen molar-refractivity contribution in [3.63, 3.8) is 0 Å². The molecular weight excluding hydrogens is 315 g/mol. The number of nitrogens with zero attached hydrogens (tertiary/aromatic N) is 2. The molecule has 0 atom stereocenters. The number of carbonyl (C=O) groups is 1. The third kappa shape index (κ3) is 3.95. The second kappa shape index (κ2) is 7.06. The summed E-state index contributed by atoms with van der Waals surface area (Å²) in [5.74, 6) is -0.241. The highest BCUT2D eigenvalue weighted by atomic mass is 32.2. The van der Waals surface area contributed by atoms with E-state index in [1.807, 2.05) is 30.3 Å². The molecule has 5 nitrogen and oxygen atoms in total. The van der Waals surface area contributed by atoms with Gasteiger partial charge in [0.1, 0.15) is 5.82 Å². The third-order valence-electron chi connectivity index (χ3n) is 3.03. The molecule has 3 aromatic rings. The van der Waals surface area contributed by atoms with Crippen molar-refractivity contribution < 1.29 is 9.18 Å². The van der Waals surface area contributed by atoms with E-state index in [4.69, 9.17) is 0 Å². The number of thioether (sulfide) groups is 1. The molecule has 0 bridgehead atoms. The standard InChI is InChI=1S/C16H13FN4OS/c17-13-9-5-4-8-12(13)14(22)18-15-19-16(21-20-15)23-10-11-6-2-1-3-7-11/h1-9H,10H2,(H2,18,19,20,21,22). The van der Waals surface area contributed by atoms with Crippen LogP contribution >= 0.6 is 11.8 Å². The van der Waals surface area contributed by atoms with Crippen LogP contribution in [0.3, 0.4) is 0 Å². The van der Waals surface area contributed by atoms with Gasteiger partial charge in [-0.1, -0.05) is 54.2 Å². The minimum absolute atomic E-state index is 0.0395. The second-order valence-corrected chi connectivity index (χ2v) is 5.62. The summed E-state index contributed by atoms with van der Waals surface area (Å²) in [5.41, 5.74) is 1.11. The van der Waals surface area contributed by atoms with Crippen LogP contribution in [0.15, 0.2) is 59.8 Å².